The van der Waals surface area contributed by atoms with Crippen LogP contribution in [0.4, 0.5) is 5.69 Å². The number of thiophene rings is 1. The van der Waals surface area contributed by atoms with Crippen molar-refractivity contribution in [3.8, 4) is 6.07 Å². The van der Waals surface area contributed by atoms with Crippen molar-refractivity contribution < 1.29 is 4.79 Å². The van der Waals surface area contributed by atoms with Crippen molar-refractivity contribution in [3.63, 3.8) is 0 Å². The molecule has 0 radical (unpaired) electrons. The lowest BCUT2D eigenvalue weighted by Gasteiger charge is -2.35. The maximum Gasteiger partial charge on any atom is 0.271 e. The highest BCUT2D eigenvalue weighted by Gasteiger charge is 2.33. The predicted octanol–water partition coefficient (Wildman–Crippen LogP) is 4.38. The van der Waals surface area contributed by atoms with Gasteiger partial charge in [-0.3, -0.25) is 9.59 Å². The summed E-state index contributed by atoms with van der Waals surface area (Å²) < 4.78 is 1.64. The Morgan fingerprint density at radius 3 is 2.50 bits per heavy atom. The Morgan fingerprint density at radius 2 is 1.79 bits per heavy atom. The molecule has 1 N–H and O–H groups in total. The third-order valence-electron chi connectivity index (χ3n) is 6.31. The Bertz CT molecular complexity index is 1420. The number of amides is 1. The molecule has 1 saturated heterocycles. The Labute approximate surface area is 201 Å². The maximum absolute atomic E-state index is 13.8. The van der Waals surface area contributed by atoms with Gasteiger partial charge in [-0.15, -0.1) is 11.3 Å². The largest absolute Gasteiger partial charge is 0.317 e. The van der Waals surface area contributed by atoms with E-state index < -0.39 is 0 Å². The molecule has 0 aliphatic carbocycles. The first kappa shape index (κ1) is 22.1. The van der Waals surface area contributed by atoms with Crippen LogP contribution in [0, 0.1) is 11.3 Å². The van der Waals surface area contributed by atoms with Crippen molar-refractivity contribution in [2.75, 3.05) is 18.0 Å². The van der Waals surface area contributed by atoms with Crippen LogP contribution in [-0.4, -0.2) is 29.6 Å². The Morgan fingerprint density at radius 1 is 1.06 bits per heavy atom. The summed E-state index contributed by atoms with van der Waals surface area (Å²) in [6, 6.07) is 23.0. The van der Waals surface area contributed by atoms with Gasteiger partial charge in [-0.1, -0.05) is 54.6 Å². The number of rotatable bonds is 5. The molecule has 0 saturated carbocycles. The maximum atomic E-state index is 13.8. The van der Waals surface area contributed by atoms with Crippen molar-refractivity contribution in [1.82, 2.24) is 9.88 Å². The number of nitrogens with one attached hydrogen (secondary N) is 1. The predicted molar refractivity (Wildman–Crippen MR) is 135 cm³/mol. The summed E-state index contributed by atoms with van der Waals surface area (Å²) in [6.07, 6.45) is 1.51. The molecule has 0 unspecified atom stereocenters. The van der Waals surface area contributed by atoms with Crippen LogP contribution < -0.4 is 15.8 Å². The lowest BCUT2D eigenvalue weighted by Crippen LogP contribution is -2.47. The van der Waals surface area contributed by atoms with Crippen molar-refractivity contribution in [2.24, 2.45) is 0 Å². The molecule has 1 aliphatic rings. The van der Waals surface area contributed by atoms with Crippen LogP contribution in [-0.2, 0) is 6.54 Å². The number of benzene rings is 2. The van der Waals surface area contributed by atoms with Gasteiger partial charge in [0.25, 0.3) is 11.5 Å². The van der Waals surface area contributed by atoms with Crippen LogP contribution in [0.3, 0.4) is 0 Å². The molecule has 5 rings (SSSR count). The van der Waals surface area contributed by atoms with Crippen molar-refractivity contribution in [3.05, 3.63) is 98.5 Å². The molecule has 7 heteroatoms. The van der Waals surface area contributed by atoms with Crippen molar-refractivity contribution >= 4 is 33.8 Å². The minimum absolute atomic E-state index is 0.0121. The minimum Gasteiger partial charge on any atom is -0.317 e. The molecule has 2 aromatic carbocycles. The van der Waals surface area contributed by atoms with Gasteiger partial charge < -0.3 is 14.8 Å². The number of hydrogen-bond donors (Lipinski definition) is 1. The molecular formula is C27H24N4O2S. The fourth-order valence-corrected chi connectivity index (χ4v) is 5.36. The summed E-state index contributed by atoms with van der Waals surface area (Å²) in [4.78, 5) is 29.9. The van der Waals surface area contributed by atoms with Crippen LogP contribution in [0.1, 0.15) is 33.6 Å². The van der Waals surface area contributed by atoms with Gasteiger partial charge in [-0.25, -0.2) is 0 Å². The lowest BCUT2D eigenvalue weighted by molar-refractivity contribution is 0.0976. The zero-order chi connectivity index (χ0) is 23.5. The van der Waals surface area contributed by atoms with E-state index in [0.29, 0.717) is 22.6 Å². The summed E-state index contributed by atoms with van der Waals surface area (Å²) in [7, 11) is 0. The first-order valence-electron chi connectivity index (χ1n) is 11.4. The molecule has 2 aromatic heterocycles. The molecule has 0 spiro atoms. The molecule has 0 bridgehead atoms. The molecule has 170 valence electrons. The zero-order valence-corrected chi connectivity index (χ0v) is 19.4. The van der Waals surface area contributed by atoms with E-state index in [2.05, 4.69) is 11.4 Å². The van der Waals surface area contributed by atoms with Crippen LogP contribution >= 0.6 is 11.3 Å². The van der Waals surface area contributed by atoms with Gasteiger partial charge in [0, 0.05) is 11.4 Å². The standard InChI is InChI=1S/C27H24N4O2S/c28-17-22-25(31(20-12-14-29-15-13-20)27(33)24-11-6-16-34-24)21-9-4-5-10-23(21)30(26(22)32)18-19-7-2-1-3-8-19/h1-11,16,20,29H,12-15,18H2. The topological polar surface area (TPSA) is 78.1 Å². The van der Waals surface area contributed by atoms with Gasteiger partial charge in [-0.05, 0) is 49.0 Å². The first-order valence-corrected chi connectivity index (χ1v) is 12.2. The number of anilines is 1. The number of pyridine rings is 1. The SMILES string of the molecule is N#Cc1c(N(C(=O)c2cccs2)C2CCNCC2)c2ccccc2n(Cc2ccccc2)c1=O. The molecular weight excluding hydrogens is 444 g/mol. The van der Waals surface area contributed by atoms with Crippen LogP contribution in [0.2, 0.25) is 0 Å². The first-order chi connectivity index (χ1) is 16.7. The van der Waals surface area contributed by atoms with E-state index >= 15 is 0 Å². The number of para-hydroxylation sites is 1. The van der Waals surface area contributed by atoms with Gasteiger partial charge in [0.1, 0.15) is 11.6 Å². The van der Waals surface area contributed by atoms with E-state index in [9.17, 15) is 14.9 Å². The highest BCUT2D eigenvalue weighted by atomic mass is 32.1. The quantitative estimate of drug-likeness (QED) is 0.471. The number of fused-ring (bicyclic) bond motifs is 1. The molecule has 1 aliphatic heterocycles. The van der Waals surface area contributed by atoms with Crippen LogP contribution in [0.25, 0.3) is 10.9 Å². The van der Waals surface area contributed by atoms with E-state index in [-0.39, 0.29) is 23.1 Å². The van der Waals surface area contributed by atoms with Gasteiger partial charge >= 0.3 is 0 Å². The molecule has 0 atom stereocenters. The third kappa shape index (κ3) is 4.03. The lowest BCUT2D eigenvalue weighted by atomic mass is 10.00. The normalized spacial score (nSPS) is 14.1. The number of carbonyl (C=O) groups excluding carboxylic acids is 1. The highest BCUT2D eigenvalue weighted by Crippen LogP contribution is 2.34. The van der Waals surface area contributed by atoms with Gasteiger partial charge in [0.2, 0.25) is 0 Å². The van der Waals surface area contributed by atoms with E-state index in [1.165, 1.54) is 11.3 Å². The monoisotopic (exact) mass is 468 g/mol. The molecule has 3 heterocycles. The van der Waals surface area contributed by atoms with Crippen LogP contribution in [0.5, 0.6) is 0 Å². The smallest absolute Gasteiger partial charge is 0.271 e. The summed E-state index contributed by atoms with van der Waals surface area (Å²) in [5.74, 6) is -0.163. The van der Waals surface area contributed by atoms with E-state index in [1.54, 1.807) is 15.5 Å². The molecule has 34 heavy (non-hydrogen) atoms. The molecule has 1 fully saturated rings. The van der Waals surface area contributed by atoms with Crippen LogP contribution in [0.15, 0.2) is 76.9 Å². The second-order valence-electron chi connectivity index (χ2n) is 8.36. The Kier molecular flexibility index (Phi) is 6.26. The Hall–Kier alpha value is -3.73. The number of aromatic nitrogens is 1. The number of nitrogens with zero attached hydrogens (tertiary/aromatic N) is 3. The fourth-order valence-electron chi connectivity index (χ4n) is 4.70. The second kappa shape index (κ2) is 9.64. The minimum atomic E-state index is -0.377. The fraction of sp³-hybridized carbons (Fsp3) is 0.222. The van der Waals surface area contributed by atoms with E-state index in [0.717, 1.165) is 36.9 Å². The molecule has 1 amide bonds. The summed E-state index contributed by atoms with van der Waals surface area (Å²) in [6.45, 7) is 1.91. The molecule has 4 aromatic rings. The number of carbonyl (C=O) groups is 1. The van der Waals surface area contributed by atoms with Gasteiger partial charge in [0.05, 0.1) is 22.6 Å². The summed E-state index contributed by atoms with van der Waals surface area (Å²) in [5.41, 5.74) is 1.74. The molecule has 6 nitrogen and oxygen atoms in total. The van der Waals surface area contributed by atoms with Crippen molar-refractivity contribution in [1.29, 1.82) is 5.26 Å². The Balaban J connectivity index is 1.76. The average molecular weight is 469 g/mol. The van der Waals surface area contributed by atoms with Crippen molar-refractivity contribution in [2.45, 2.75) is 25.4 Å². The number of hydrogen-bond acceptors (Lipinski definition) is 5. The average Bonchev–Trinajstić information content (AvgIpc) is 3.43. The van der Waals surface area contributed by atoms with Gasteiger partial charge in [0.15, 0.2) is 0 Å². The van der Waals surface area contributed by atoms with E-state index in [4.69, 9.17) is 0 Å². The number of nitriles is 1. The zero-order valence-electron chi connectivity index (χ0n) is 18.6. The summed E-state index contributed by atoms with van der Waals surface area (Å²) >= 11 is 1.37. The van der Waals surface area contributed by atoms with Gasteiger partial charge in [-0.2, -0.15) is 5.26 Å². The second-order valence-corrected chi connectivity index (χ2v) is 9.31. The third-order valence-corrected chi connectivity index (χ3v) is 7.16. The van der Waals surface area contributed by atoms with E-state index in [1.807, 2.05) is 66.0 Å². The highest BCUT2D eigenvalue weighted by molar-refractivity contribution is 7.12. The number of piperidine rings is 1. The summed E-state index contributed by atoms with van der Waals surface area (Å²) in [5, 5.41) is 16.1.